The Balaban J connectivity index is 1.32. The van der Waals surface area contributed by atoms with Crippen molar-refractivity contribution in [2.24, 2.45) is 5.92 Å². The number of carbonyl (C=O) groups excluding carboxylic acids is 1. The lowest BCUT2D eigenvalue weighted by atomic mass is 9.87. The summed E-state index contributed by atoms with van der Waals surface area (Å²) in [6.07, 6.45) is 7.85. The highest BCUT2D eigenvalue weighted by Crippen LogP contribution is 2.34. The highest BCUT2D eigenvalue weighted by atomic mass is 32.1. The van der Waals surface area contributed by atoms with Gasteiger partial charge in [0.05, 0.1) is 31.5 Å². The van der Waals surface area contributed by atoms with Crippen LogP contribution < -0.4 is 4.74 Å². The van der Waals surface area contributed by atoms with Crippen molar-refractivity contribution in [2.75, 3.05) is 27.6 Å². The Bertz CT molecular complexity index is 1250. The van der Waals surface area contributed by atoms with Crippen molar-refractivity contribution < 1.29 is 28.1 Å². The van der Waals surface area contributed by atoms with Gasteiger partial charge in [-0.2, -0.15) is 9.37 Å². The number of rotatable bonds is 9. The van der Waals surface area contributed by atoms with Crippen molar-refractivity contribution in [1.29, 1.82) is 0 Å². The van der Waals surface area contributed by atoms with Crippen LogP contribution in [0.25, 0.3) is 15.9 Å². The second kappa shape index (κ2) is 10.4. The molecule has 1 saturated heterocycles. The summed E-state index contributed by atoms with van der Waals surface area (Å²) in [6, 6.07) is 1.87. The van der Waals surface area contributed by atoms with E-state index in [0.29, 0.717) is 16.6 Å². The quantitative estimate of drug-likeness (QED) is 0.320. The van der Waals surface area contributed by atoms with E-state index in [2.05, 4.69) is 20.6 Å². The van der Waals surface area contributed by atoms with Crippen molar-refractivity contribution in [1.82, 2.24) is 19.5 Å². The van der Waals surface area contributed by atoms with E-state index in [4.69, 9.17) is 23.9 Å². The van der Waals surface area contributed by atoms with Crippen molar-refractivity contribution in [3.63, 3.8) is 0 Å². The minimum atomic E-state index is -0.613. The fourth-order valence-corrected chi connectivity index (χ4v) is 5.38. The number of thiophene rings is 1. The number of ether oxygens (including phenoxy) is 4. The molecule has 3 aromatic rings. The number of allylic oxidation sites excluding steroid dienone is 2. The lowest BCUT2D eigenvalue weighted by Gasteiger charge is -2.28. The zero-order valence-electron chi connectivity index (χ0n) is 19.7. The Morgan fingerprint density at radius 1 is 1.31 bits per heavy atom. The molecule has 0 spiro atoms. The number of fused-ring (bicyclic) bond motifs is 1. The molecule has 4 heterocycles. The molecule has 1 fully saturated rings. The average molecular weight is 503 g/mol. The van der Waals surface area contributed by atoms with Crippen LogP contribution in [0.1, 0.15) is 47.0 Å². The SMILES string of the molecule is COCOc1nc(C2=CCC(Cc3nc4sc(C(=O)OC)cc4n3C[C@@H]3CCO3)CC2)ncc1F. The molecule has 9 nitrogen and oxygen atoms in total. The maximum atomic E-state index is 13.9. The highest BCUT2D eigenvalue weighted by Gasteiger charge is 2.26. The normalized spacial score (nSPS) is 19.9. The molecule has 2 atom stereocenters. The van der Waals surface area contributed by atoms with Crippen molar-refractivity contribution >= 4 is 33.2 Å². The van der Waals surface area contributed by atoms with Gasteiger partial charge >= 0.3 is 5.97 Å². The van der Waals surface area contributed by atoms with Gasteiger partial charge < -0.3 is 23.5 Å². The average Bonchev–Trinajstić information content (AvgIpc) is 3.39. The molecule has 0 aromatic carbocycles. The van der Waals surface area contributed by atoms with Crippen molar-refractivity contribution in [3.05, 3.63) is 40.7 Å². The minimum Gasteiger partial charge on any atom is -0.465 e. The topological polar surface area (TPSA) is 97.6 Å². The van der Waals surface area contributed by atoms with Gasteiger partial charge in [-0.3, -0.25) is 0 Å². The van der Waals surface area contributed by atoms with E-state index in [1.54, 1.807) is 0 Å². The zero-order valence-corrected chi connectivity index (χ0v) is 20.5. The smallest absolute Gasteiger partial charge is 0.348 e. The third kappa shape index (κ3) is 5.07. The van der Waals surface area contributed by atoms with Gasteiger partial charge in [0.25, 0.3) is 5.88 Å². The first-order chi connectivity index (χ1) is 17.1. The van der Waals surface area contributed by atoms with Crippen LogP contribution in [0.4, 0.5) is 4.39 Å². The molecule has 11 heteroatoms. The van der Waals surface area contributed by atoms with Crippen LogP contribution in [0, 0.1) is 11.7 Å². The van der Waals surface area contributed by atoms with Gasteiger partial charge in [-0.1, -0.05) is 6.08 Å². The summed E-state index contributed by atoms with van der Waals surface area (Å²) in [7, 11) is 2.85. The summed E-state index contributed by atoms with van der Waals surface area (Å²) in [5, 5.41) is 0. The molecule has 5 rings (SSSR count). The standard InChI is InChI=1S/C24H27FN4O5S/c1-31-13-34-22-17(25)11-26-21(28-22)15-5-3-14(4-6-15)9-20-27-23-18(10-19(35-23)24(30)32-2)29(20)12-16-7-8-33-16/h5,10-11,14,16H,3-4,6-9,12-13H2,1-2H3/t14?,16-/m0/s1. The first kappa shape index (κ1) is 23.8. The van der Waals surface area contributed by atoms with Crippen molar-refractivity contribution in [3.8, 4) is 5.88 Å². The molecule has 2 aliphatic rings. The Labute approximate surface area is 205 Å². The molecule has 186 valence electrons. The van der Waals surface area contributed by atoms with Gasteiger partial charge in [-0.05, 0) is 43.2 Å². The summed E-state index contributed by atoms with van der Waals surface area (Å²) in [4.78, 5) is 26.7. The molecule has 1 unspecified atom stereocenters. The molecule has 0 radical (unpaired) electrons. The Hall–Kier alpha value is -2.89. The number of halogens is 1. The number of aromatic nitrogens is 4. The Morgan fingerprint density at radius 3 is 2.86 bits per heavy atom. The van der Waals surface area contributed by atoms with E-state index in [0.717, 1.165) is 73.2 Å². The number of imidazole rings is 1. The molecule has 1 aliphatic heterocycles. The number of nitrogens with zero attached hydrogens (tertiary/aromatic N) is 4. The second-order valence-electron chi connectivity index (χ2n) is 8.68. The number of hydrogen-bond acceptors (Lipinski definition) is 9. The van der Waals surface area contributed by atoms with Crippen LogP contribution in [0.5, 0.6) is 5.88 Å². The predicted molar refractivity (Wildman–Crippen MR) is 127 cm³/mol. The Morgan fingerprint density at radius 2 is 2.17 bits per heavy atom. The summed E-state index contributed by atoms with van der Waals surface area (Å²) >= 11 is 1.36. The Kier molecular flexibility index (Phi) is 7.07. The van der Waals surface area contributed by atoms with E-state index in [1.165, 1.54) is 25.6 Å². The largest absolute Gasteiger partial charge is 0.465 e. The van der Waals surface area contributed by atoms with Crippen LogP contribution in [-0.2, 0) is 27.2 Å². The fourth-order valence-electron chi connectivity index (χ4n) is 4.41. The van der Waals surface area contributed by atoms with E-state index < -0.39 is 5.82 Å². The molecule has 0 amide bonds. The molecule has 0 bridgehead atoms. The number of hydrogen-bond donors (Lipinski definition) is 0. The van der Waals surface area contributed by atoms with Gasteiger partial charge in [0.1, 0.15) is 15.5 Å². The van der Waals surface area contributed by atoms with E-state index >= 15 is 0 Å². The van der Waals surface area contributed by atoms with Crippen molar-refractivity contribution in [2.45, 2.75) is 44.8 Å². The maximum Gasteiger partial charge on any atom is 0.348 e. The molecule has 0 saturated carbocycles. The molecular weight excluding hydrogens is 475 g/mol. The van der Waals surface area contributed by atoms with Gasteiger partial charge in [-0.15, -0.1) is 11.3 Å². The van der Waals surface area contributed by atoms with Gasteiger partial charge in [-0.25, -0.2) is 14.8 Å². The molecule has 3 aromatic heterocycles. The summed E-state index contributed by atoms with van der Waals surface area (Å²) < 4.78 is 36.7. The first-order valence-electron chi connectivity index (χ1n) is 11.6. The van der Waals surface area contributed by atoms with Gasteiger partial charge in [0.2, 0.25) is 5.82 Å². The van der Waals surface area contributed by atoms with Crippen LogP contribution in [0.2, 0.25) is 0 Å². The third-order valence-electron chi connectivity index (χ3n) is 6.40. The van der Waals surface area contributed by atoms with E-state index in [9.17, 15) is 9.18 Å². The maximum absolute atomic E-state index is 13.9. The minimum absolute atomic E-state index is 0.0778. The van der Waals surface area contributed by atoms with Crippen LogP contribution in [0.15, 0.2) is 18.3 Å². The second-order valence-corrected chi connectivity index (χ2v) is 9.71. The van der Waals surface area contributed by atoms with Gasteiger partial charge in [0.15, 0.2) is 12.6 Å². The molecular formula is C24H27FN4O5S. The lowest BCUT2D eigenvalue weighted by molar-refractivity contribution is -0.0590. The number of esters is 1. The molecule has 0 N–H and O–H groups in total. The van der Waals surface area contributed by atoms with Gasteiger partial charge in [0, 0.05) is 20.1 Å². The number of methoxy groups -OCH3 is 2. The van der Waals surface area contributed by atoms with Crippen LogP contribution in [-0.4, -0.2) is 59.2 Å². The highest BCUT2D eigenvalue weighted by molar-refractivity contribution is 7.20. The fraction of sp³-hybridized carbons (Fsp3) is 0.500. The monoisotopic (exact) mass is 502 g/mol. The number of carbonyl (C=O) groups is 1. The van der Waals surface area contributed by atoms with Crippen LogP contribution in [0.3, 0.4) is 0 Å². The molecule has 1 aliphatic carbocycles. The lowest BCUT2D eigenvalue weighted by Crippen LogP contribution is -2.32. The predicted octanol–water partition coefficient (Wildman–Crippen LogP) is 4.01. The third-order valence-corrected chi connectivity index (χ3v) is 7.39. The summed E-state index contributed by atoms with van der Waals surface area (Å²) in [6.45, 7) is 1.44. The van der Waals surface area contributed by atoms with E-state index in [-0.39, 0.29) is 24.7 Å². The molecule has 35 heavy (non-hydrogen) atoms. The zero-order chi connectivity index (χ0) is 24.4. The summed E-state index contributed by atoms with van der Waals surface area (Å²) in [5.74, 6) is 0.832. The summed E-state index contributed by atoms with van der Waals surface area (Å²) in [5.41, 5.74) is 1.94. The van der Waals surface area contributed by atoms with Crippen LogP contribution >= 0.6 is 11.3 Å². The first-order valence-corrected chi connectivity index (χ1v) is 12.4. The van der Waals surface area contributed by atoms with E-state index in [1.807, 2.05) is 6.07 Å².